The van der Waals surface area contributed by atoms with E-state index < -0.39 is 0 Å². The number of nitrogens with zero attached hydrogens (tertiary/aromatic N) is 4. The second-order valence-electron chi connectivity index (χ2n) is 7.18. The van der Waals surface area contributed by atoms with Gasteiger partial charge in [-0.25, -0.2) is 4.79 Å². The molecule has 1 aliphatic carbocycles. The molecule has 0 radical (unpaired) electrons. The first-order valence-electron chi connectivity index (χ1n) is 9.43. The number of carbonyl (C=O) groups excluding carboxylic acids is 2. The van der Waals surface area contributed by atoms with Gasteiger partial charge in [0, 0.05) is 32.4 Å². The van der Waals surface area contributed by atoms with E-state index in [0.29, 0.717) is 31.8 Å². The molecule has 0 saturated carbocycles. The number of hydrogen-bond donors (Lipinski definition) is 0. The number of ether oxygens (including phenoxy) is 1. The Bertz CT molecular complexity index is 721. The number of ketones is 1. The SMILES string of the molecule is CCCCOC(=O)N1CCn2nc3c(c2C1)C(=O)/C(=C/N(C)C)CCC3. The molecule has 0 atom stereocenters. The van der Waals surface area contributed by atoms with Crippen LogP contribution >= 0.6 is 0 Å². The minimum absolute atomic E-state index is 0.0497. The number of hydrogen-bond acceptors (Lipinski definition) is 5. The number of amides is 1. The average molecular weight is 360 g/mol. The van der Waals surface area contributed by atoms with Gasteiger partial charge in [-0.05, 0) is 25.7 Å². The van der Waals surface area contributed by atoms with Gasteiger partial charge in [-0.1, -0.05) is 13.3 Å². The molecular formula is C19H28N4O3. The minimum Gasteiger partial charge on any atom is -0.449 e. The van der Waals surface area contributed by atoms with Crippen LogP contribution in [0.2, 0.25) is 0 Å². The Morgan fingerprint density at radius 3 is 2.85 bits per heavy atom. The molecule has 7 heteroatoms. The summed E-state index contributed by atoms with van der Waals surface area (Å²) in [5.41, 5.74) is 3.22. The molecule has 0 N–H and O–H groups in total. The first-order chi connectivity index (χ1) is 12.5. The third-order valence-corrected chi connectivity index (χ3v) is 4.83. The zero-order valence-corrected chi connectivity index (χ0v) is 16.0. The maximum atomic E-state index is 13.1. The van der Waals surface area contributed by atoms with Crippen LogP contribution in [0.1, 0.15) is 54.4 Å². The van der Waals surface area contributed by atoms with E-state index in [9.17, 15) is 9.59 Å². The van der Waals surface area contributed by atoms with Crippen molar-refractivity contribution in [1.82, 2.24) is 19.6 Å². The number of rotatable bonds is 4. The lowest BCUT2D eigenvalue weighted by molar-refractivity contribution is 0.0893. The van der Waals surface area contributed by atoms with Crippen LogP contribution in [-0.2, 0) is 24.2 Å². The smallest absolute Gasteiger partial charge is 0.410 e. The van der Waals surface area contributed by atoms with E-state index in [1.54, 1.807) is 4.90 Å². The highest BCUT2D eigenvalue weighted by molar-refractivity contribution is 6.10. The van der Waals surface area contributed by atoms with Crippen LogP contribution in [0.5, 0.6) is 0 Å². The molecule has 26 heavy (non-hydrogen) atoms. The van der Waals surface area contributed by atoms with Crippen LogP contribution in [-0.4, -0.2) is 58.7 Å². The molecule has 1 aromatic heterocycles. The van der Waals surface area contributed by atoms with Crippen molar-refractivity contribution in [1.29, 1.82) is 0 Å². The van der Waals surface area contributed by atoms with Crippen molar-refractivity contribution in [3.05, 3.63) is 28.7 Å². The summed E-state index contributed by atoms with van der Waals surface area (Å²) in [4.78, 5) is 29.0. The van der Waals surface area contributed by atoms with Crippen LogP contribution in [0.25, 0.3) is 0 Å². The molecule has 0 bridgehead atoms. The Kier molecular flexibility index (Phi) is 5.64. The average Bonchev–Trinajstić information content (AvgIpc) is 2.90. The highest BCUT2D eigenvalue weighted by Crippen LogP contribution is 2.29. The number of aromatic nitrogens is 2. The molecule has 3 rings (SSSR count). The van der Waals surface area contributed by atoms with Crippen molar-refractivity contribution < 1.29 is 14.3 Å². The maximum absolute atomic E-state index is 13.1. The van der Waals surface area contributed by atoms with E-state index in [-0.39, 0.29) is 11.9 Å². The number of Topliss-reactive ketones (excluding diaryl/α,β-unsaturated/α-hetero) is 1. The van der Waals surface area contributed by atoms with Crippen molar-refractivity contribution in [3.63, 3.8) is 0 Å². The van der Waals surface area contributed by atoms with Gasteiger partial charge in [0.1, 0.15) is 0 Å². The molecule has 7 nitrogen and oxygen atoms in total. The lowest BCUT2D eigenvalue weighted by Crippen LogP contribution is -2.39. The Morgan fingerprint density at radius 1 is 1.31 bits per heavy atom. The lowest BCUT2D eigenvalue weighted by atomic mass is 10.0. The molecule has 1 aliphatic heterocycles. The molecule has 1 aromatic rings. The van der Waals surface area contributed by atoms with Gasteiger partial charge < -0.3 is 14.5 Å². The molecule has 142 valence electrons. The minimum atomic E-state index is -0.301. The van der Waals surface area contributed by atoms with Crippen molar-refractivity contribution in [2.45, 2.75) is 52.1 Å². The summed E-state index contributed by atoms with van der Waals surface area (Å²) in [6.07, 6.45) is 5.93. The quantitative estimate of drug-likeness (QED) is 0.469. The standard InChI is InChI=1S/C19H28N4O3/c1-4-5-11-26-19(25)22-9-10-23-16(13-22)17-15(20-23)8-6-7-14(18(17)24)12-21(2)3/h12H,4-11,13H2,1-3H3/b14-12+. The predicted molar refractivity (Wildman–Crippen MR) is 97.9 cm³/mol. The molecule has 1 amide bonds. The summed E-state index contributed by atoms with van der Waals surface area (Å²) in [5.74, 6) is 0.0497. The van der Waals surface area contributed by atoms with Gasteiger partial charge in [-0.3, -0.25) is 9.48 Å². The molecule has 0 unspecified atom stereocenters. The second kappa shape index (κ2) is 7.93. The van der Waals surface area contributed by atoms with Crippen LogP contribution < -0.4 is 0 Å². The van der Waals surface area contributed by atoms with Gasteiger partial charge in [0.05, 0.1) is 36.6 Å². The summed E-state index contributed by atoms with van der Waals surface area (Å²) >= 11 is 0. The Morgan fingerprint density at radius 2 is 2.12 bits per heavy atom. The summed E-state index contributed by atoms with van der Waals surface area (Å²) < 4.78 is 7.24. The molecule has 0 aromatic carbocycles. The van der Waals surface area contributed by atoms with Gasteiger partial charge in [0.25, 0.3) is 0 Å². The Labute approximate surface area is 154 Å². The summed E-state index contributed by atoms with van der Waals surface area (Å²) in [6.45, 7) is 4.05. The topological polar surface area (TPSA) is 67.7 Å². The van der Waals surface area contributed by atoms with E-state index in [4.69, 9.17) is 4.74 Å². The second-order valence-corrected chi connectivity index (χ2v) is 7.18. The number of carbonyl (C=O) groups is 2. The van der Waals surface area contributed by atoms with Crippen molar-refractivity contribution >= 4 is 11.9 Å². The zero-order chi connectivity index (χ0) is 18.7. The number of allylic oxidation sites excluding steroid dienone is 1. The van der Waals surface area contributed by atoms with E-state index in [1.807, 2.05) is 29.9 Å². The van der Waals surface area contributed by atoms with Gasteiger partial charge in [-0.15, -0.1) is 0 Å². The fourth-order valence-electron chi connectivity index (χ4n) is 3.52. The van der Waals surface area contributed by atoms with Crippen LogP contribution in [0.3, 0.4) is 0 Å². The van der Waals surface area contributed by atoms with Gasteiger partial charge in [-0.2, -0.15) is 5.10 Å². The molecule has 2 heterocycles. The van der Waals surface area contributed by atoms with E-state index >= 15 is 0 Å². The summed E-state index contributed by atoms with van der Waals surface area (Å²) in [5, 5.41) is 4.66. The van der Waals surface area contributed by atoms with E-state index in [0.717, 1.165) is 49.1 Å². The number of fused-ring (bicyclic) bond motifs is 3. The molecule has 0 spiro atoms. The van der Waals surface area contributed by atoms with Gasteiger partial charge in [0.2, 0.25) is 0 Å². The molecule has 0 saturated heterocycles. The molecule has 2 aliphatic rings. The first-order valence-corrected chi connectivity index (χ1v) is 9.43. The molecule has 0 fully saturated rings. The van der Waals surface area contributed by atoms with Gasteiger partial charge >= 0.3 is 6.09 Å². The monoisotopic (exact) mass is 360 g/mol. The molecular weight excluding hydrogens is 332 g/mol. The summed E-state index contributed by atoms with van der Waals surface area (Å²) in [7, 11) is 3.85. The largest absolute Gasteiger partial charge is 0.449 e. The van der Waals surface area contributed by atoms with E-state index in [1.165, 1.54) is 0 Å². The number of aryl methyl sites for hydroxylation is 1. The third kappa shape index (κ3) is 3.76. The normalized spacial score (nSPS) is 18.3. The predicted octanol–water partition coefficient (Wildman–Crippen LogP) is 2.60. The van der Waals surface area contributed by atoms with Crippen molar-refractivity contribution in [3.8, 4) is 0 Å². The van der Waals surface area contributed by atoms with Crippen molar-refractivity contribution in [2.75, 3.05) is 27.2 Å². The van der Waals surface area contributed by atoms with Crippen LogP contribution in [0.15, 0.2) is 11.8 Å². The maximum Gasteiger partial charge on any atom is 0.410 e. The van der Waals surface area contributed by atoms with Crippen molar-refractivity contribution in [2.24, 2.45) is 0 Å². The number of unbranched alkanes of at least 4 members (excludes halogenated alkanes) is 1. The highest BCUT2D eigenvalue weighted by Gasteiger charge is 2.32. The first kappa shape index (κ1) is 18.5. The van der Waals surface area contributed by atoms with E-state index in [2.05, 4.69) is 12.0 Å². The fourth-order valence-corrected chi connectivity index (χ4v) is 3.52. The highest BCUT2D eigenvalue weighted by atomic mass is 16.6. The zero-order valence-electron chi connectivity index (χ0n) is 16.0. The van der Waals surface area contributed by atoms with Crippen LogP contribution in [0, 0.1) is 0 Å². The summed E-state index contributed by atoms with van der Waals surface area (Å²) in [6, 6.07) is 0. The Hall–Kier alpha value is -2.31. The van der Waals surface area contributed by atoms with Crippen LogP contribution in [0.4, 0.5) is 4.79 Å². The lowest BCUT2D eigenvalue weighted by Gasteiger charge is -2.27. The third-order valence-electron chi connectivity index (χ3n) is 4.83. The fraction of sp³-hybridized carbons (Fsp3) is 0.632. The van der Waals surface area contributed by atoms with Gasteiger partial charge in [0.15, 0.2) is 5.78 Å². The Balaban J connectivity index is 1.84.